The average molecular weight is 231 g/mol. The monoisotopic (exact) mass is 231 g/mol. The quantitative estimate of drug-likeness (QED) is 0.819. The molecule has 3 rings (SSSR count). The zero-order chi connectivity index (χ0) is 10.8. The maximum Gasteiger partial charge on any atom is -0.0235 e. The van der Waals surface area contributed by atoms with E-state index in [-0.39, 0.29) is 6.15 Å². The highest BCUT2D eigenvalue weighted by Crippen LogP contribution is 2.29. The first kappa shape index (κ1) is 12.6. The van der Waals surface area contributed by atoms with Crippen LogP contribution in [0.5, 0.6) is 0 Å². The smallest absolute Gasteiger partial charge is 0.0235 e. The van der Waals surface area contributed by atoms with Gasteiger partial charge in [0.25, 0.3) is 0 Å². The summed E-state index contributed by atoms with van der Waals surface area (Å²) in [6.07, 6.45) is 12.8. The van der Waals surface area contributed by atoms with E-state index >= 15 is 0 Å². The molecule has 1 nitrogen and oxygen atoms in total. The van der Waals surface area contributed by atoms with Gasteiger partial charge in [0.1, 0.15) is 0 Å². The summed E-state index contributed by atoms with van der Waals surface area (Å²) in [5.74, 6) is 1.03. The van der Waals surface area contributed by atoms with Gasteiger partial charge in [-0.05, 0) is 48.3 Å². The van der Waals surface area contributed by atoms with Crippen molar-refractivity contribution in [2.75, 3.05) is 0 Å². The first-order valence-corrected chi connectivity index (χ1v) is 7.02. The van der Waals surface area contributed by atoms with Crippen LogP contribution in [0.25, 0.3) is 0 Å². The van der Waals surface area contributed by atoms with Crippen LogP contribution >= 0.6 is 0 Å². The molecular weight excluding hydrogens is 206 g/mol. The molecule has 0 aromatic heterocycles. The molecule has 0 spiro atoms. The van der Waals surface area contributed by atoms with E-state index in [0.717, 1.165) is 5.92 Å². The van der Waals surface area contributed by atoms with Crippen LogP contribution in [0, 0.1) is 5.92 Å². The van der Waals surface area contributed by atoms with E-state index in [9.17, 15) is 0 Å². The SMILES string of the molecule is N.c1cc2c(cc1CCC1CCCCC1)CC2. The van der Waals surface area contributed by atoms with Crippen LogP contribution in [-0.2, 0) is 19.3 Å². The molecule has 3 N–H and O–H groups in total. The summed E-state index contributed by atoms with van der Waals surface area (Å²) in [6, 6.07) is 7.18. The minimum absolute atomic E-state index is 0. The van der Waals surface area contributed by atoms with Crippen molar-refractivity contribution >= 4 is 0 Å². The zero-order valence-corrected chi connectivity index (χ0v) is 10.9. The lowest BCUT2D eigenvalue weighted by molar-refractivity contribution is 0.339. The van der Waals surface area contributed by atoms with Gasteiger partial charge in [-0.3, -0.25) is 0 Å². The number of hydrogen-bond acceptors (Lipinski definition) is 1. The third-order valence-corrected chi connectivity index (χ3v) is 4.50. The van der Waals surface area contributed by atoms with Crippen LogP contribution < -0.4 is 6.15 Å². The van der Waals surface area contributed by atoms with Gasteiger partial charge in [0.05, 0.1) is 0 Å². The highest BCUT2D eigenvalue weighted by molar-refractivity contribution is 5.38. The molecule has 0 unspecified atom stereocenters. The summed E-state index contributed by atoms with van der Waals surface area (Å²) >= 11 is 0. The third kappa shape index (κ3) is 2.90. The summed E-state index contributed by atoms with van der Waals surface area (Å²) in [4.78, 5) is 0. The number of aryl methyl sites for hydroxylation is 3. The number of rotatable bonds is 3. The minimum Gasteiger partial charge on any atom is -0.344 e. The molecule has 94 valence electrons. The van der Waals surface area contributed by atoms with Crippen molar-refractivity contribution in [1.82, 2.24) is 6.15 Å². The molecule has 1 fully saturated rings. The predicted molar refractivity (Wildman–Crippen MR) is 73.8 cm³/mol. The highest BCUT2D eigenvalue weighted by Gasteiger charge is 2.15. The molecule has 1 aromatic rings. The van der Waals surface area contributed by atoms with E-state index < -0.39 is 0 Å². The Hall–Kier alpha value is -0.820. The van der Waals surface area contributed by atoms with Crippen LogP contribution in [0.1, 0.15) is 55.2 Å². The fraction of sp³-hybridized carbons (Fsp3) is 0.625. The minimum atomic E-state index is 0. The lowest BCUT2D eigenvalue weighted by Gasteiger charge is -2.23. The third-order valence-electron chi connectivity index (χ3n) is 4.50. The molecule has 0 heterocycles. The summed E-state index contributed by atoms with van der Waals surface area (Å²) in [7, 11) is 0. The van der Waals surface area contributed by atoms with Crippen molar-refractivity contribution in [3.05, 3.63) is 34.9 Å². The van der Waals surface area contributed by atoms with Crippen molar-refractivity contribution in [1.29, 1.82) is 0 Å². The molecule has 0 radical (unpaired) electrons. The van der Waals surface area contributed by atoms with Crippen molar-refractivity contribution in [2.45, 2.75) is 57.8 Å². The summed E-state index contributed by atoms with van der Waals surface area (Å²) in [6.45, 7) is 0. The van der Waals surface area contributed by atoms with Gasteiger partial charge in [0.2, 0.25) is 0 Å². The largest absolute Gasteiger partial charge is 0.344 e. The Labute approximate surface area is 105 Å². The number of hydrogen-bond donors (Lipinski definition) is 1. The summed E-state index contributed by atoms with van der Waals surface area (Å²) in [5, 5.41) is 0. The second kappa shape index (κ2) is 5.68. The summed E-state index contributed by atoms with van der Waals surface area (Å²) in [5.41, 5.74) is 4.81. The highest BCUT2D eigenvalue weighted by atomic mass is 14.2. The van der Waals surface area contributed by atoms with Crippen LogP contribution in [0.2, 0.25) is 0 Å². The Morgan fingerprint density at radius 2 is 1.71 bits per heavy atom. The van der Waals surface area contributed by atoms with Gasteiger partial charge >= 0.3 is 0 Å². The van der Waals surface area contributed by atoms with Gasteiger partial charge in [0.15, 0.2) is 0 Å². The zero-order valence-electron chi connectivity index (χ0n) is 10.9. The standard InChI is InChI=1S/C16H22.H3N/c1-2-4-13(5-3-1)6-7-14-8-9-15-10-11-16(15)12-14;/h8-9,12-13H,1-7,10-11H2;1H3. The summed E-state index contributed by atoms with van der Waals surface area (Å²) < 4.78 is 0. The van der Waals surface area contributed by atoms with Gasteiger partial charge in [-0.1, -0.05) is 50.3 Å². The number of fused-ring (bicyclic) bond motifs is 1. The Bertz CT molecular complexity index is 364. The Morgan fingerprint density at radius 3 is 2.35 bits per heavy atom. The first-order valence-electron chi connectivity index (χ1n) is 7.02. The second-order valence-electron chi connectivity index (χ2n) is 5.65. The second-order valence-corrected chi connectivity index (χ2v) is 5.65. The lowest BCUT2D eigenvalue weighted by Crippen LogP contribution is -2.10. The van der Waals surface area contributed by atoms with Crippen LogP contribution in [0.15, 0.2) is 18.2 Å². The maximum atomic E-state index is 2.46. The molecule has 0 bridgehead atoms. The Morgan fingerprint density at radius 1 is 0.941 bits per heavy atom. The van der Waals surface area contributed by atoms with E-state index in [2.05, 4.69) is 18.2 Å². The van der Waals surface area contributed by atoms with Crippen molar-refractivity contribution in [3.8, 4) is 0 Å². The molecule has 1 heteroatoms. The van der Waals surface area contributed by atoms with Crippen molar-refractivity contribution < 1.29 is 0 Å². The maximum absolute atomic E-state index is 2.46. The van der Waals surface area contributed by atoms with Crippen molar-refractivity contribution in [2.24, 2.45) is 5.92 Å². The molecule has 2 aliphatic rings. The number of benzene rings is 1. The van der Waals surface area contributed by atoms with Gasteiger partial charge in [0, 0.05) is 0 Å². The fourth-order valence-electron chi connectivity index (χ4n) is 3.25. The predicted octanol–water partition coefficient (Wildman–Crippen LogP) is 4.46. The molecule has 0 saturated heterocycles. The van der Waals surface area contributed by atoms with Gasteiger partial charge in [-0.15, -0.1) is 0 Å². The van der Waals surface area contributed by atoms with Crippen molar-refractivity contribution in [3.63, 3.8) is 0 Å². The molecule has 1 aromatic carbocycles. The van der Waals surface area contributed by atoms with E-state index in [1.807, 2.05) is 0 Å². The topological polar surface area (TPSA) is 35.0 Å². The molecule has 2 aliphatic carbocycles. The molecule has 0 atom stereocenters. The van der Waals surface area contributed by atoms with Gasteiger partial charge < -0.3 is 6.15 Å². The van der Waals surface area contributed by atoms with Gasteiger partial charge in [-0.25, -0.2) is 0 Å². The van der Waals surface area contributed by atoms with E-state index in [0.29, 0.717) is 0 Å². The molecule has 17 heavy (non-hydrogen) atoms. The lowest BCUT2D eigenvalue weighted by atomic mass is 9.83. The molecule has 0 amide bonds. The van der Waals surface area contributed by atoms with E-state index in [1.54, 1.807) is 16.7 Å². The average Bonchev–Trinajstić information content (AvgIpc) is 2.31. The fourth-order valence-corrected chi connectivity index (χ4v) is 3.25. The molecule has 0 aliphatic heterocycles. The van der Waals surface area contributed by atoms with Gasteiger partial charge in [-0.2, -0.15) is 0 Å². The van der Waals surface area contributed by atoms with Crippen LogP contribution in [0.3, 0.4) is 0 Å². The van der Waals surface area contributed by atoms with E-state index in [4.69, 9.17) is 0 Å². The first-order chi connectivity index (χ1) is 7.92. The Balaban J connectivity index is 0.00000108. The molecular formula is C16H25N. The Kier molecular flexibility index (Phi) is 4.22. The normalized spacial score (nSPS) is 19.1. The van der Waals surface area contributed by atoms with Crippen LogP contribution in [0.4, 0.5) is 0 Å². The van der Waals surface area contributed by atoms with Crippen LogP contribution in [-0.4, -0.2) is 0 Å². The molecule has 1 saturated carbocycles. The van der Waals surface area contributed by atoms with E-state index in [1.165, 1.54) is 57.8 Å².